The fourth-order valence-corrected chi connectivity index (χ4v) is 4.01. The van der Waals surface area contributed by atoms with Gasteiger partial charge in [0, 0.05) is 24.5 Å². The zero-order valence-corrected chi connectivity index (χ0v) is 15.8. The van der Waals surface area contributed by atoms with Gasteiger partial charge in [0.25, 0.3) is 0 Å². The lowest BCUT2D eigenvalue weighted by Gasteiger charge is -2.19. The van der Waals surface area contributed by atoms with E-state index in [1.54, 1.807) is 29.2 Å². The summed E-state index contributed by atoms with van der Waals surface area (Å²) in [6.45, 7) is 0.903. The summed E-state index contributed by atoms with van der Waals surface area (Å²) in [5, 5.41) is 8.87. The van der Waals surface area contributed by atoms with E-state index in [9.17, 15) is 18.0 Å². The van der Waals surface area contributed by atoms with E-state index in [1.807, 2.05) is 6.07 Å². The molecule has 9 heteroatoms. The lowest BCUT2D eigenvalue weighted by atomic mass is 10.2. The maximum atomic E-state index is 12.7. The summed E-state index contributed by atoms with van der Waals surface area (Å²) in [6.07, 6.45) is 0. The topological polar surface area (TPSA) is 108 Å². The highest BCUT2D eigenvalue weighted by Gasteiger charge is 2.31. The molecule has 1 fully saturated rings. The number of nitrogens with zero attached hydrogens (tertiary/aromatic N) is 3. The monoisotopic (exact) mass is 399 g/mol. The Bertz CT molecular complexity index is 1040. The lowest BCUT2D eigenvalue weighted by molar-refractivity contribution is -0.137. The first kappa shape index (κ1) is 19.4. The smallest absolute Gasteiger partial charge is 0.329 e. The molecule has 0 radical (unpaired) electrons. The fraction of sp³-hybridized carbons (Fsp3) is 0.211. The van der Waals surface area contributed by atoms with Crippen LogP contribution in [0.25, 0.3) is 0 Å². The Morgan fingerprint density at radius 2 is 1.54 bits per heavy atom. The number of rotatable bonds is 5. The van der Waals surface area contributed by atoms with Gasteiger partial charge in [0.05, 0.1) is 23.6 Å². The average Bonchev–Trinajstić information content (AvgIpc) is 3.09. The van der Waals surface area contributed by atoms with E-state index in [2.05, 4.69) is 4.74 Å². The van der Waals surface area contributed by atoms with Crippen LogP contribution in [0, 0.1) is 11.3 Å². The molecule has 0 atom stereocenters. The standard InChI is InChI=1S/C19H17N3O5S/c1-27-18(23)13-28(25,26)17-8-6-16(7-9-17)22-11-10-21(19(22)24)15-4-2-14(12-20)3-5-15/h2-9H,10-11,13H2,1H3. The van der Waals surface area contributed by atoms with E-state index in [0.717, 1.165) is 7.11 Å². The van der Waals surface area contributed by atoms with E-state index in [-0.39, 0.29) is 10.9 Å². The number of hydrogen-bond donors (Lipinski definition) is 0. The van der Waals surface area contributed by atoms with Crippen molar-refractivity contribution in [2.45, 2.75) is 4.90 Å². The summed E-state index contributed by atoms with van der Waals surface area (Å²) >= 11 is 0. The zero-order chi connectivity index (χ0) is 20.3. The van der Waals surface area contributed by atoms with Gasteiger partial charge in [0.15, 0.2) is 15.6 Å². The third kappa shape index (κ3) is 3.82. The normalized spacial score (nSPS) is 14.1. The first-order valence-corrected chi connectivity index (χ1v) is 10.00. The van der Waals surface area contributed by atoms with Crippen LogP contribution >= 0.6 is 0 Å². The van der Waals surface area contributed by atoms with Crippen LogP contribution in [0.4, 0.5) is 16.2 Å². The van der Waals surface area contributed by atoms with Gasteiger partial charge in [0.1, 0.15) is 0 Å². The van der Waals surface area contributed by atoms with Gasteiger partial charge in [0.2, 0.25) is 0 Å². The van der Waals surface area contributed by atoms with Crippen LogP contribution in [0.3, 0.4) is 0 Å². The molecule has 1 saturated heterocycles. The summed E-state index contributed by atoms with van der Waals surface area (Å²) in [4.78, 5) is 27.1. The van der Waals surface area contributed by atoms with E-state index < -0.39 is 21.6 Å². The molecule has 1 heterocycles. The number of carbonyl (C=O) groups is 2. The Morgan fingerprint density at radius 1 is 1.04 bits per heavy atom. The maximum Gasteiger partial charge on any atom is 0.329 e. The van der Waals surface area contributed by atoms with Gasteiger partial charge in [-0.25, -0.2) is 13.2 Å². The number of ether oxygens (including phenoxy) is 1. The van der Waals surface area contributed by atoms with Crippen molar-refractivity contribution in [3.8, 4) is 6.07 Å². The minimum Gasteiger partial charge on any atom is -0.468 e. The second-order valence-electron chi connectivity index (χ2n) is 6.07. The van der Waals surface area contributed by atoms with Gasteiger partial charge in [-0.05, 0) is 48.5 Å². The number of methoxy groups -OCH3 is 1. The van der Waals surface area contributed by atoms with E-state index >= 15 is 0 Å². The average molecular weight is 399 g/mol. The van der Waals surface area contributed by atoms with Crippen molar-refractivity contribution in [1.82, 2.24) is 0 Å². The van der Waals surface area contributed by atoms with Crippen molar-refractivity contribution in [3.63, 3.8) is 0 Å². The SMILES string of the molecule is COC(=O)CS(=O)(=O)c1ccc(N2CCN(c3ccc(C#N)cc3)C2=O)cc1. The van der Waals surface area contributed by atoms with Gasteiger partial charge in [-0.15, -0.1) is 0 Å². The van der Waals surface area contributed by atoms with Crippen LogP contribution in [0.15, 0.2) is 53.4 Å². The summed E-state index contributed by atoms with van der Waals surface area (Å²) in [7, 11) is -2.68. The maximum absolute atomic E-state index is 12.7. The first-order chi connectivity index (χ1) is 13.4. The lowest BCUT2D eigenvalue weighted by Crippen LogP contribution is -2.31. The molecule has 2 aromatic carbocycles. The number of sulfone groups is 1. The predicted molar refractivity (Wildman–Crippen MR) is 102 cm³/mol. The van der Waals surface area contributed by atoms with Crippen LogP contribution in [-0.4, -0.2) is 46.4 Å². The summed E-state index contributed by atoms with van der Waals surface area (Å²) < 4.78 is 28.8. The second kappa shape index (κ2) is 7.70. The highest BCUT2D eigenvalue weighted by Crippen LogP contribution is 2.26. The van der Waals surface area contributed by atoms with E-state index in [1.165, 1.54) is 29.2 Å². The van der Waals surface area contributed by atoms with Crippen LogP contribution < -0.4 is 9.80 Å². The molecule has 1 aliphatic rings. The minimum absolute atomic E-state index is 0.0164. The van der Waals surface area contributed by atoms with Crippen molar-refractivity contribution in [2.24, 2.45) is 0 Å². The van der Waals surface area contributed by atoms with Crippen LogP contribution in [0.5, 0.6) is 0 Å². The number of benzene rings is 2. The minimum atomic E-state index is -3.80. The highest BCUT2D eigenvalue weighted by atomic mass is 32.2. The van der Waals surface area contributed by atoms with Crippen molar-refractivity contribution < 1.29 is 22.7 Å². The third-order valence-electron chi connectivity index (χ3n) is 4.36. The van der Waals surface area contributed by atoms with Crippen LogP contribution in [0.2, 0.25) is 0 Å². The molecule has 1 aliphatic heterocycles. The Morgan fingerprint density at radius 3 is 2.00 bits per heavy atom. The largest absolute Gasteiger partial charge is 0.468 e. The molecule has 28 heavy (non-hydrogen) atoms. The molecule has 2 amide bonds. The summed E-state index contributed by atoms with van der Waals surface area (Å²) in [5.41, 5.74) is 1.75. The van der Waals surface area contributed by atoms with Crippen molar-refractivity contribution in [1.29, 1.82) is 5.26 Å². The number of anilines is 2. The summed E-state index contributed by atoms with van der Waals surface area (Å²) in [6, 6.07) is 14.3. The van der Waals surface area contributed by atoms with Crippen LogP contribution in [-0.2, 0) is 19.4 Å². The number of hydrogen-bond acceptors (Lipinski definition) is 6. The molecular formula is C19H17N3O5S. The molecule has 0 bridgehead atoms. The van der Waals surface area contributed by atoms with Gasteiger partial charge in [-0.3, -0.25) is 14.6 Å². The molecule has 0 aromatic heterocycles. The molecule has 0 aliphatic carbocycles. The Labute approximate surface area is 162 Å². The van der Waals surface area contributed by atoms with Crippen LogP contribution in [0.1, 0.15) is 5.56 Å². The Balaban J connectivity index is 1.76. The first-order valence-electron chi connectivity index (χ1n) is 8.34. The molecule has 144 valence electrons. The van der Waals surface area contributed by atoms with Gasteiger partial charge >= 0.3 is 12.0 Å². The molecule has 0 unspecified atom stereocenters. The van der Waals surface area contributed by atoms with Crippen molar-refractivity contribution >= 4 is 33.2 Å². The van der Waals surface area contributed by atoms with Crippen molar-refractivity contribution in [3.05, 3.63) is 54.1 Å². The number of carbonyl (C=O) groups excluding carboxylic acids is 2. The van der Waals surface area contributed by atoms with Gasteiger partial charge in [-0.2, -0.15) is 5.26 Å². The predicted octanol–water partition coefficient (Wildman–Crippen LogP) is 1.95. The number of nitriles is 1. The van der Waals surface area contributed by atoms with E-state index in [0.29, 0.717) is 30.0 Å². The Hall–Kier alpha value is -3.38. The van der Waals surface area contributed by atoms with Gasteiger partial charge < -0.3 is 4.74 Å². The molecular weight excluding hydrogens is 382 g/mol. The summed E-state index contributed by atoms with van der Waals surface area (Å²) in [5.74, 6) is -1.57. The quantitative estimate of drug-likeness (QED) is 0.711. The fourth-order valence-electron chi connectivity index (χ4n) is 2.86. The molecule has 3 rings (SSSR count). The number of urea groups is 1. The highest BCUT2D eigenvalue weighted by molar-refractivity contribution is 7.92. The van der Waals surface area contributed by atoms with Gasteiger partial charge in [-0.1, -0.05) is 0 Å². The van der Waals surface area contributed by atoms with E-state index in [4.69, 9.17) is 5.26 Å². The Kier molecular flexibility index (Phi) is 5.33. The zero-order valence-electron chi connectivity index (χ0n) is 15.0. The molecule has 8 nitrogen and oxygen atoms in total. The van der Waals surface area contributed by atoms with Crippen molar-refractivity contribution in [2.75, 3.05) is 35.8 Å². The number of esters is 1. The third-order valence-corrected chi connectivity index (χ3v) is 5.97. The molecule has 0 N–H and O–H groups in total. The molecule has 0 saturated carbocycles. The number of amides is 2. The molecule has 2 aromatic rings. The second-order valence-corrected chi connectivity index (χ2v) is 8.06. The molecule has 0 spiro atoms.